The highest BCUT2D eigenvalue weighted by molar-refractivity contribution is 7.13. The molecule has 1 aliphatic carbocycles. The van der Waals surface area contributed by atoms with E-state index in [1.165, 1.54) is 16.8 Å². The number of rotatable bonds is 3. The van der Waals surface area contributed by atoms with Crippen LogP contribution < -0.4 is 10.6 Å². The van der Waals surface area contributed by atoms with E-state index in [1.807, 2.05) is 0 Å². The molecule has 0 aromatic carbocycles. The lowest BCUT2D eigenvalue weighted by molar-refractivity contribution is -0.148. The maximum atomic E-state index is 11.5. The van der Waals surface area contributed by atoms with Gasteiger partial charge in [-0.25, -0.2) is 9.59 Å². The van der Waals surface area contributed by atoms with Gasteiger partial charge in [-0.1, -0.05) is 11.3 Å². The second-order valence-electron chi connectivity index (χ2n) is 3.56. The Labute approximate surface area is 94.9 Å². The Hall–Kier alpha value is -1.70. The lowest BCUT2D eigenvalue weighted by Crippen LogP contribution is -2.60. The third-order valence-electron chi connectivity index (χ3n) is 2.55. The van der Waals surface area contributed by atoms with Crippen molar-refractivity contribution in [3.8, 4) is 0 Å². The van der Waals surface area contributed by atoms with Crippen molar-refractivity contribution >= 4 is 28.5 Å². The molecule has 1 fully saturated rings. The molecule has 0 unspecified atom stereocenters. The van der Waals surface area contributed by atoms with Gasteiger partial charge in [0.05, 0.1) is 0 Å². The van der Waals surface area contributed by atoms with E-state index in [-0.39, 0.29) is 0 Å². The number of hydrogen-bond donors (Lipinski definition) is 3. The zero-order valence-electron chi connectivity index (χ0n) is 8.27. The zero-order valence-corrected chi connectivity index (χ0v) is 9.08. The van der Waals surface area contributed by atoms with Crippen molar-refractivity contribution in [2.45, 2.75) is 24.8 Å². The van der Waals surface area contributed by atoms with Gasteiger partial charge in [-0.05, 0) is 19.3 Å². The predicted octanol–water partition coefficient (Wildman–Crippen LogP) is 0.667. The molecule has 0 radical (unpaired) electrons. The average molecular weight is 242 g/mol. The van der Waals surface area contributed by atoms with Crippen LogP contribution in [0.5, 0.6) is 0 Å². The number of carboxylic acid groups (broad SMARTS) is 1. The molecule has 0 atom stereocenters. The Morgan fingerprint density at radius 1 is 1.50 bits per heavy atom. The van der Waals surface area contributed by atoms with Gasteiger partial charge in [0, 0.05) is 0 Å². The van der Waals surface area contributed by atoms with Gasteiger partial charge in [0.2, 0.25) is 5.13 Å². The third kappa shape index (κ3) is 1.96. The monoisotopic (exact) mass is 242 g/mol. The van der Waals surface area contributed by atoms with Crippen LogP contribution in [0.2, 0.25) is 0 Å². The highest BCUT2D eigenvalue weighted by Gasteiger charge is 2.45. The molecular formula is C8H10N4O3S. The van der Waals surface area contributed by atoms with Crippen molar-refractivity contribution in [2.24, 2.45) is 0 Å². The third-order valence-corrected chi connectivity index (χ3v) is 3.16. The first-order valence-corrected chi connectivity index (χ1v) is 5.59. The molecule has 7 nitrogen and oxygen atoms in total. The summed E-state index contributed by atoms with van der Waals surface area (Å²) in [5.41, 5.74) is 0.376. The Morgan fingerprint density at radius 3 is 2.69 bits per heavy atom. The van der Waals surface area contributed by atoms with E-state index in [0.717, 1.165) is 6.42 Å². The molecule has 1 aromatic heterocycles. The number of urea groups is 1. The standard InChI is InChI=1S/C8H10N4O3S/c13-5(14)8(2-1-3-8)11-6(15)10-7-12-9-4-16-7/h4H,1-3H2,(H,13,14)(H2,10,11,12,15). The van der Waals surface area contributed by atoms with Crippen LogP contribution in [0.4, 0.5) is 9.93 Å². The van der Waals surface area contributed by atoms with Crippen molar-refractivity contribution in [1.29, 1.82) is 0 Å². The number of hydrogen-bond acceptors (Lipinski definition) is 5. The molecule has 16 heavy (non-hydrogen) atoms. The molecule has 0 spiro atoms. The molecule has 0 aliphatic heterocycles. The molecule has 0 saturated heterocycles. The number of nitrogens with zero attached hydrogens (tertiary/aromatic N) is 2. The fourth-order valence-corrected chi connectivity index (χ4v) is 1.94. The van der Waals surface area contributed by atoms with Gasteiger partial charge in [-0.2, -0.15) is 0 Å². The molecule has 2 rings (SSSR count). The van der Waals surface area contributed by atoms with Crippen LogP contribution in [-0.4, -0.2) is 32.8 Å². The predicted molar refractivity (Wildman–Crippen MR) is 56.3 cm³/mol. The lowest BCUT2D eigenvalue weighted by atomic mass is 9.77. The van der Waals surface area contributed by atoms with E-state index in [2.05, 4.69) is 20.8 Å². The normalized spacial score (nSPS) is 17.2. The molecule has 1 heterocycles. The van der Waals surface area contributed by atoms with Crippen LogP contribution in [0.15, 0.2) is 5.51 Å². The van der Waals surface area contributed by atoms with E-state index >= 15 is 0 Å². The summed E-state index contributed by atoms with van der Waals surface area (Å²) in [7, 11) is 0. The number of carbonyl (C=O) groups is 2. The topological polar surface area (TPSA) is 104 Å². The summed E-state index contributed by atoms with van der Waals surface area (Å²) in [6, 6.07) is -0.557. The molecule has 8 heteroatoms. The van der Waals surface area contributed by atoms with Crippen LogP contribution in [0.25, 0.3) is 0 Å². The fourth-order valence-electron chi connectivity index (χ4n) is 1.50. The molecule has 1 aliphatic rings. The van der Waals surface area contributed by atoms with Crippen LogP contribution in [0.1, 0.15) is 19.3 Å². The molecular weight excluding hydrogens is 232 g/mol. The summed E-state index contributed by atoms with van der Waals surface area (Å²) in [6.07, 6.45) is 1.74. The number of carbonyl (C=O) groups excluding carboxylic acids is 1. The van der Waals surface area contributed by atoms with Gasteiger partial charge in [-0.15, -0.1) is 10.2 Å². The highest BCUT2D eigenvalue weighted by Crippen LogP contribution is 2.32. The minimum Gasteiger partial charge on any atom is -0.480 e. The average Bonchev–Trinajstić information content (AvgIpc) is 2.63. The second-order valence-corrected chi connectivity index (χ2v) is 4.40. The number of carboxylic acids is 1. The van der Waals surface area contributed by atoms with Crippen molar-refractivity contribution in [3.63, 3.8) is 0 Å². The van der Waals surface area contributed by atoms with Gasteiger partial charge in [0.1, 0.15) is 11.0 Å². The van der Waals surface area contributed by atoms with E-state index in [1.54, 1.807) is 0 Å². The minimum absolute atomic E-state index is 0.345. The number of aliphatic carboxylic acids is 1. The fraction of sp³-hybridized carbons (Fsp3) is 0.500. The highest BCUT2D eigenvalue weighted by atomic mass is 32.1. The summed E-state index contributed by atoms with van der Waals surface area (Å²) < 4.78 is 0. The molecule has 1 aromatic rings. The first-order chi connectivity index (χ1) is 7.62. The van der Waals surface area contributed by atoms with Crippen molar-refractivity contribution in [1.82, 2.24) is 15.5 Å². The molecule has 86 valence electrons. The maximum absolute atomic E-state index is 11.5. The SMILES string of the molecule is O=C(Nc1nncs1)NC1(C(=O)O)CCC1. The van der Waals surface area contributed by atoms with Crippen LogP contribution in [0, 0.1) is 0 Å². The molecule has 1 saturated carbocycles. The van der Waals surface area contributed by atoms with Crippen molar-refractivity contribution in [2.75, 3.05) is 5.32 Å². The van der Waals surface area contributed by atoms with E-state index < -0.39 is 17.5 Å². The first kappa shape index (κ1) is 10.8. The van der Waals surface area contributed by atoms with Gasteiger partial charge in [0.15, 0.2) is 0 Å². The summed E-state index contributed by atoms with van der Waals surface area (Å²) >= 11 is 1.17. The number of anilines is 1. The summed E-state index contributed by atoms with van der Waals surface area (Å²) in [5.74, 6) is -0.994. The Kier molecular flexibility index (Phi) is 2.73. The van der Waals surface area contributed by atoms with Gasteiger partial charge in [-0.3, -0.25) is 5.32 Å². The number of aromatic nitrogens is 2. The van der Waals surface area contributed by atoms with Crippen molar-refractivity contribution in [3.05, 3.63) is 5.51 Å². The molecule has 0 bridgehead atoms. The van der Waals surface area contributed by atoms with Crippen LogP contribution in [0.3, 0.4) is 0 Å². The van der Waals surface area contributed by atoms with Crippen molar-refractivity contribution < 1.29 is 14.7 Å². The zero-order chi connectivity index (χ0) is 11.6. The Balaban J connectivity index is 1.94. The number of amides is 2. The maximum Gasteiger partial charge on any atom is 0.329 e. The van der Waals surface area contributed by atoms with E-state index in [9.17, 15) is 9.59 Å². The summed E-state index contributed by atoms with van der Waals surface area (Å²) in [4.78, 5) is 22.5. The number of nitrogens with one attached hydrogen (secondary N) is 2. The first-order valence-electron chi connectivity index (χ1n) is 4.71. The van der Waals surface area contributed by atoms with Crippen LogP contribution in [-0.2, 0) is 4.79 Å². The second kappa shape index (κ2) is 4.05. The molecule has 2 amide bonds. The van der Waals surface area contributed by atoms with Gasteiger partial charge < -0.3 is 10.4 Å². The van der Waals surface area contributed by atoms with E-state index in [4.69, 9.17) is 5.11 Å². The van der Waals surface area contributed by atoms with Crippen LogP contribution >= 0.6 is 11.3 Å². The lowest BCUT2D eigenvalue weighted by Gasteiger charge is -2.37. The largest absolute Gasteiger partial charge is 0.480 e. The van der Waals surface area contributed by atoms with Gasteiger partial charge in [0.25, 0.3) is 0 Å². The Bertz CT molecular complexity index is 401. The Morgan fingerprint density at radius 2 is 2.25 bits per heavy atom. The van der Waals surface area contributed by atoms with Gasteiger partial charge >= 0.3 is 12.0 Å². The minimum atomic E-state index is -1.10. The van der Waals surface area contributed by atoms with E-state index in [0.29, 0.717) is 18.0 Å². The molecule has 3 N–H and O–H groups in total. The summed E-state index contributed by atoms with van der Waals surface area (Å²) in [5, 5.41) is 21.4. The summed E-state index contributed by atoms with van der Waals surface area (Å²) in [6.45, 7) is 0. The smallest absolute Gasteiger partial charge is 0.329 e. The quantitative estimate of drug-likeness (QED) is 0.722.